The highest BCUT2D eigenvalue weighted by atomic mass is 32.2. The van der Waals surface area contributed by atoms with E-state index >= 15 is 0 Å². The summed E-state index contributed by atoms with van der Waals surface area (Å²) in [6.45, 7) is 0. The molecule has 0 saturated heterocycles. The first-order valence-electron chi connectivity index (χ1n) is 8.65. The summed E-state index contributed by atoms with van der Waals surface area (Å²) in [5, 5.41) is 7.56. The molecule has 136 valence electrons. The molecule has 27 heavy (non-hydrogen) atoms. The number of para-hydroxylation sites is 1. The minimum absolute atomic E-state index is 0.124. The summed E-state index contributed by atoms with van der Waals surface area (Å²) < 4.78 is 0. The first kappa shape index (κ1) is 17.8. The van der Waals surface area contributed by atoms with Gasteiger partial charge in [0.15, 0.2) is 0 Å². The Bertz CT molecular complexity index is 942. The highest BCUT2D eigenvalue weighted by Crippen LogP contribution is 2.36. The van der Waals surface area contributed by atoms with E-state index in [0.717, 1.165) is 21.0 Å². The van der Waals surface area contributed by atoms with Crippen molar-refractivity contribution in [2.75, 3.05) is 5.32 Å². The van der Waals surface area contributed by atoms with Gasteiger partial charge in [0.2, 0.25) is 11.8 Å². The topological polar surface area (TPSA) is 58.2 Å². The molecule has 2 N–H and O–H groups in total. The summed E-state index contributed by atoms with van der Waals surface area (Å²) in [7, 11) is 0. The lowest BCUT2D eigenvalue weighted by atomic mass is 10.0. The molecule has 0 radical (unpaired) electrons. The summed E-state index contributed by atoms with van der Waals surface area (Å²) in [6.07, 6.45) is 0.138. The summed E-state index contributed by atoms with van der Waals surface area (Å²) in [4.78, 5) is 27.2. The number of thiophene rings is 1. The third kappa shape index (κ3) is 4.07. The Hall–Kier alpha value is -2.57. The van der Waals surface area contributed by atoms with Crippen molar-refractivity contribution >= 4 is 40.6 Å². The Morgan fingerprint density at radius 3 is 2.59 bits per heavy atom. The smallest absolute Gasteiger partial charge is 0.238 e. The van der Waals surface area contributed by atoms with Crippen LogP contribution in [-0.2, 0) is 9.59 Å². The van der Waals surface area contributed by atoms with E-state index in [-0.39, 0.29) is 24.3 Å². The van der Waals surface area contributed by atoms with E-state index in [1.807, 2.05) is 72.1 Å². The first-order chi connectivity index (χ1) is 13.2. The van der Waals surface area contributed by atoms with Gasteiger partial charge in [-0.2, -0.15) is 0 Å². The van der Waals surface area contributed by atoms with Crippen LogP contribution >= 0.6 is 23.1 Å². The van der Waals surface area contributed by atoms with Gasteiger partial charge >= 0.3 is 0 Å². The summed E-state index contributed by atoms with van der Waals surface area (Å²) in [5.41, 5.74) is 1.84. The van der Waals surface area contributed by atoms with E-state index < -0.39 is 5.25 Å². The van der Waals surface area contributed by atoms with Gasteiger partial charge < -0.3 is 10.6 Å². The van der Waals surface area contributed by atoms with Crippen molar-refractivity contribution in [1.82, 2.24) is 5.32 Å². The molecular weight excluding hydrogens is 376 g/mol. The Balaban J connectivity index is 1.48. The number of carbonyl (C=O) groups excluding carboxylic acids is 2. The van der Waals surface area contributed by atoms with E-state index in [1.54, 1.807) is 11.3 Å². The van der Waals surface area contributed by atoms with E-state index in [2.05, 4.69) is 10.6 Å². The van der Waals surface area contributed by atoms with Crippen LogP contribution in [0, 0.1) is 0 Å². The van der Waals surface area contributed by atoms with Crippen LogP contribution in [0.4, 0.5) is 5.69 Å². The van der Waals surface area contributed by atoms with Gasteiger partial charge in [-0.05, 0) is 29.1 Å². The molecule has 1 aromatic heterocycles. The number of nitrogens with one attached hydrogen (secondary N) is 2. The fourth-order valence-electron chi connectivity index (χ4n) is 3.04. The van der Waals surface area contributed by atoms with Gasteiger partial charge in [0.05, 0.1) is 17.0 Å². The summed E-state index contributed by atoms with van der Waals surface area (Å²) in [5.74, 6) is -0.259. The molecule has 4 nitrogen and oxygen atoms in total. The van der Waals surface area contributed by atoms with Crippen LogP contribution in [0.3, 0.4) is 0 Å². The lowest BCUT2D eigenvalue weighted by Gasteiger charge is -2.24. The molecular formula is C21H18N2O2S2. The number of benzene rings is 2. The molecule has 0 bridgehead atoms. The van der Waals surface area contributed by atoms with Crippen LogP contribution in [0.15, 0.2) is 77.0 Å². The van der Waals surface area contributed by atoms with Crippen molar-refractivity contribution in [3.05, 3.63) is 82.6 Å². The molecule has 1 aliphatic rings. The molecule has 0 saturated carbocycles. The van der Waals surface area contributed by atoms with Gasteiger partial charge in [-0.1, -0.05) is 48.5 Å². The Morgan fingerprint density at radius 2 is 1.81 bits per heavy atom. The zero-order valence-corrected chi connectivity index (χ0v) is 16.1. The normalized spacial score (nSPS) is 16.9. The Labute approximate surface area is 166 Å². The number of hydrogen-bond acceptors (Lipinski definition) is 4. The largest absolute Gasteiger partial charge is 0.344 e. The molecule has 2 aromatic carbocycles. The van der Waals surface area contributed by atoms with E-state index in [4.69, 9.17) is 0 Å². The van der Waals surface area contributed by atoms with E-state index in [9.17, 15) is 9.59 Å². The van der Waals surface area contributed by atoms with Crippen LogP contribution in [0.25, 0.3) is 0 Å². The van der Waals surface area contributed by atoms with Crippen molar-refractivity contribution < 1.29 is 9.59 Å². The number of fused-ring (bicyclic) bond motifs is 1. The minimum Gasteiger partial charge on any atom is -0.344 e. The van der Waals surface area contributed by atoms with Crippen molar-refractivity contribution in [3.8, 4) is 0 Å². The highest BCUT2D eigenvalue weighted by molar-refractivity contribution is 8.01. The number of hydrogen-bond donors (Lipinski definition) is 2. The number of thioether (sulfide) groups is 1. The second-order valence-corrected chi connectivity index (χ2v) is 8.45. The van der Waals surface area contributed by atoms with Gasteiger partial charge in [-0.15, -0.1) is 23.1 Å². The quantitative estimate of drug-likeness (QED) is 0.672. The lowest BCUT2D eigenvalue weighted by molar-refractivity contribution is -0.124. The van der Waals surface area contributed by atoms with Gasteiger partial charge in [0.1, 0.15) is 0 Å². The zero-order valence-electron chi connectivity index (χ0n) is 14.4. The zero-order chi connectivity index (χ0) is 18.6. The van der Waals surface area contributed by atoms with Crippen molar-refractivity contribution in [3.63, 3.8) is 0 Å². The minimum atomic E-state index is -0.431. The molecule has 0 fully saturated rings. The molecule has 3 aromatic rings. The SMILES string of the molecule is O=C(CC1Sc2ccccc2NC1=O)NC(c1ccccc1)c1cccs1. The number of amides is 2. The number of carbonyl (C=O) groups is 2. The van der Waals surface area contributed by atoms with Crippen molar-refractivity contribution in [2.45, 2.75) is 22.6 Å². The summed E-state index contributed by atoms with van der Waals surface area (Å²) >= 11 is 3.05. The predicted octanol–water partition coefficient (Wildman–Crippen LogP) is 4.46. The second kappa shape index (κ2) is 7.98. The van der Waals surface area contributed by atoms with Crippen LogP contribution in [0.1, 0.15) is 22.9 Å². The van der Waals surface area contributed by atoms with Crippen LogP contribution in [0.2, 0.25) is 0 Å². The maximum atomic E-state index is 12.7. The molecule has 4 rings (SSSR count). The van der Waals surface area contributed by atoms with Crippen molar-refractivity contribution in [1.29, 1.82) is 0 Å². The standard InChI is InChI=1S/C21H18N2O2S2/c24-19(13-18-21(25)22-15-9-4-5-10-16(15)27-18)23-20(17-11-6-12-26-17)14-7-2-1-3-8-14/h1-12,18,20H,13H2,(H,22,25)(H,23,24). The third-order valence-electron chi connectivity index (χ3n) is 4.34. The molecule has 2 atom stereocenters. The van der Waals surface area contributed by atoms with Gasteiger partial charge in [-0.25, -0.2) is 0 Å². The molecule has 1 aliphatic heterocycles. The maximum Gasteiger partial charge on any atom is 0.238 e. The van der Waals surface area contributed by atoms with Gasteiger partial charge in [0.25, 0.3) is 0 Å². The van der Waals surface area contributed by atoms with E-state index in [0.29, 0.717) is 0 Å². The predicted molar refractivity (Wildman–Crippen MR) is 110 cm³/mol. The molecule has 6 heteroatoms. The Kier molecular flexibility index (Phi) is 5.27. The fraction of sp³-hybridized carbons (Fsp3) is 0.143. The maximum absolute atomic E-state index is 12.7. The summed E-state index contributed by atoms with van der Waals surface area (Å²) in [6, 6.07) is 21.3. The van der Waals surface area contributed by atoms with Gasteiger partial charge in [0, 0.05) is 16.2 Å². The number of rotatable bonds is 5. The lowest BCUT2D eigenvalue weighted by Crippen LogP contribution is -2.36. The third-order valence-corrected chi connectivity index (χ3v) is 6.56. The van der Waals surface area contributed by atoms with Crippen LogP contribution < -0.4 is 10.6 Å². The molecule has 2 unspecified atom stereocenters. The average molecular weight is 395 g/mol. The first-order valence-corrected chi connectivity index (χ1v) is 10.4. The molecule has 0 aliphatic carbocycles. The van der Waals surface area contributed by atoms with Crippen molar-refractivity contribution in [2.24, 2.45) is 0 Å². The Morgan fingerprint density at radius 1 is 1.04 bits per heavy atom. The average Bonchev–Trinajstić information content (AvgIpc) is 3.22. The van der Waals surface area contributed by atoms with Crippen LogP contribution in [0.5, 0.6) is 0 Å². The fourth-order valence-corrected chi connectivity index (χ4v) is 4.95. The van der Waals surface area contributed by atoms with Crippen LogP contribution in [-0.4, -0.2) is 17.1 Å². The van der Waals surface area contributed by atoms with E-state index in [1.165, 1.54) is 11.8 Å². The molecule has 2 amide bonds. The second-order valence-electron chi connectivity index (χ2n) is 6.22. The number of anilines is 1. The van der Waals surface area contributed by atoms with Gasteiger partial charge in [-0.3, -0.25) is 9.59 Å². The molecule has 2 heterocycles. The monoisotopic (exact) mass is 394 g/mol. The molecule has 0 spiro atoms. The highest BCUT2D eigenvalue weighted by Gasteiger charge is 2.29.